The van der Waals surface area contributed by atoms with Gasteiger partial charge in [-0.15, -0.1) is 11.6 Å². The van der Waals surface area contributed by atoms with Crippen molar-refractivity contribution in [3.05, 3.63) is 34.9 Å². The first kappa shape index (κ1) is 14.0. The van der Waals surface area contributed by atoms with Gasteiger partial charge in [-0.2, -0.15) is 0 Å². The maximum atomic E-state index is 10.7. The first-order valence-corrected chi connectivity index (χ1v) is 5.82. The Morgan fingerprint density at radius 3 is 2.47 bits per heavy atom. The monoisotopic (exact) mass is 258 g/mol. The summed E-state index contributed by atoms with van der Waals surface area (Å²) in [6.07, 6.45) is -0.105. The summed E-state index contributed by atoms with van der Waals surface area (Å²) in [7, 11) is 0. The molecule has 1 rings (SSSR count). The van der Waals surface area contributed by atoms with Crippen molar-refractivity contribution in [1.82, 2.24) is 0 Å². The Balaban J connectivity index is 3.00. The molecule has 1 aromatic carbocycles. The van der Waals surface area contributed by atoms with E-state index in [1.165, 1.54) is 6.07 Å². The minimum absolute atomic E-state index is 0.186. The van der Waals surface area contributed by atoms with E-state index in [2.05, 4.69) is 0 Å². The van der Waals surface area contributed by atoms with Gasteiger partial charge >= 0.3 is 5.97 Å². The van der Waals surface area contributed by atoms with Crippen LogP contribution in [0.5, 0.6) is 0 Å². The number of halogens is 1. The van der Waals surface area contributed by atoms with Gasteiger partial charge in [0.25, 0.3) is 0 Å². The minimum Gasteiger partial charge on any atom is -0.479 e. The fourth-order valence-electron chi connectivity index (χ4n) is 1.60. The maximum absolute atomic E-state index is 10.7. The molecule has 0 saturated carbocycles. The van der Waals surface area contributed by atoms with Gasteiger partial charge in [-0.1, -0.05) is 18.2 Å². The van der Waals surface area contributed by atoms with Crippen molar-refractivity contribution in [2.24, 2.45) is 0 Å². The van der Waals surface area contributed by atoms with Crippen LogP contribution in [0.2, 0.25) is 0 Å². The quantitative estimate of drug-likeness (QED) is 0.675. The van der Waals surface area contributed by atoms with Crippen molar-refractivity contribution >= 4 is 17.6 Å². The van der Waals surface area contributed by atoms with Crippen molar-refractivity contribution in [1.29, 1.82) is 0 Å². The van der Waals surface area contributed by atoms with Crippen molar-refractivity contribution in [2.75, 3.05) is 5.88 Å². The summed E-state index contributed by atoms with van der Waals surface area (Å²) >= 11 is 5.58. The van der Waals surface area contributed by atoms with Crippen LogP contribution < -0.4 is 0 Å². The number of aryl methyl sites for hydroxylation is 1. The molecule has 0 bridgehead atoms. The zero-order valence-electron chi connectivity index (χ0n) is 9.27. The molecule has 0 aromatic heterocycles. The summed E-state index contributed by atoms with van der Waals surface area (Å²) in [5, 5.41) is 27.3. The molecule has 0 amide bonds. The normalized spacial score (nSPS) is 12.4. The van der Waals surface area contributed by atoms with E-state index in [0.717, 1.165) is 12.0 Å². The largest absolute Gasteiger partial charge is 0.479 e. The van der Waals surface area contributed by atoms with E-state index >= 15 is 0 Å². The molecular weight excluding hydrogens is 244 g/mol. The van der Waals surface area contributed by atoms with Crippen molar-refractivity contribution in [3.63, 3.8) is 0 Å². The Morgan fingerprint density at radius 1 is 1.29 bits per heavy atom. The lowest BCUT2D eigenvalue weighted by atomic mass is 10.00. The van der Waals surface area contributed by atoms with Crippen LogP contribution in [0.3, 0.4) is 0 Å². The fraction of sp³-hybridized carbons (Fsp3) is 0.417. The third-order valence-electron chi connectivity index (χ3n) is 2.41. The van der Waals surface area contributed by atoms with Crippen LogP contribution in [-0.2, 0) is 17.8 Å². The minimum atomic E-state index is -1.56. The van der Waals surface area contributed by atoms with E-state index in [1.54, 1.807) is 12.1 Å². The molecule has 0 aliphatic carbocycles. The summed E-state index contributed by atoms with van der Waals surface area (Å²) in [6, 6.07) is 4.90. The van der Waals surface area contributed by atoms with Crippen molar-refractivity contribution in [3.8, 4) is 0 Å². The average Bonchev–Trinajstić information content (AvgIpc) is 2.34. The first-order chi connectivity index (χ1) is 8.08. The van der Waals surface area contributed by atoms with Gasteiger partial charge in [0.2, 0.25) is 0 Å². The molecule has 0 saturated heterocycles. The Bertz CT molecular complexity index is 392. The SMILES string of the molecule is O=C(O)C(O)c1cc(CO)cc(CCCCl)c1. The first-order valence-electron chi connectivity index (χ1n) is 5.29. The summed E-state index contributed by atoms with van der Waals surface area (Å²) < 4.78 is 0. The van der Waals surface area contributed by atoms with Gasteiger partial charge < -0.3 is 15.3 Å². The van der Waals surface area contributed by atoms with Crippen LogP contribution in [0.1, 0.15) is 29.2 Å². The van der Waals surface area contributed by atoms with Crippen LogP contribution in [-0.4, -0.2) is 27.2 Å². The highest BCUT2D eigenvalue weighted by Gasteiger charge is 2.17. The van der Waals surface area contributed by atoms with Crippen LogP contribution in [0.25, 0.3) is 0 Å². The summed E-state index contributed by atoms with van der Waals surface area (Å²) in [5.41, 5.74) is 1.74. The number of carboxylic acids is 1. The molecule has 94 valence electrons. The van der Waals surface area contributed by atoms with Gasteiger partial charge in [0.15, 0.2) is 6.10 Å². The maximum Gasteiger partial charge on any atom is 0.337 e. The Morgan fingerprint density at radius 2 is 1.94 bits per heavy atom. The Hall–Kier alpha value is -1.10. The average molecular weight is 259 g/mol. The molecule has 4 nitrogen and oxygen atoms in total. The molecule has 0 fully saturated rings. The predicted octanol–water partition coefficient (Wildman–Crippen LogP) is 1.47. The van der Waals surface area contributed by atoms with Gasteiger partial charge in [0.05, 0.1) is 6.61 Å². The summed E-state index contributed by atoms with van der Waals surface area (Å²) in [6.45, 7) is -0.186. The lowest BCUT2D eigenvalue weighted by molar-refractivity contribution is -0.146. The number of aliphatic hydroxyl groups excluding tert-OH is 2. The number of rotatable bonds is 6. The molecule has 0 aliphatic heterocycles. The fourth-order valence-corrected chi connectivity index (χ4v) is 1.73. The molecule has 17 heavy (non-hydrogen) atoms. The second-order valence-corrected chi connectivity index (χ2v) is 4.15. The highest BCUT2D eigenvalue weighted by atomic mass is 35.5. The van der Waals surface area contributed by atoms with Crippen molar-refractivity contribution in [2.45, 2.75) is 25.6 Å². The third kappa shape index (κ3) is 4.00. The van der Waals surface area contributed by atoms with Gasteiger partial charge in [0, 0.05) is 5.88 Å². The molecule has 1 aromatic rings. The van der Waals surface area contributed by atoms with Gasteiger partial charge in [0.1, 0.15) is 0 Å². The number of aliphatic carboxylic acids is 1. The lowest BCUT2D eigenvalue weighted by Gasteiger charge is -2.10. The number of hydrogen-bond acceptors (Lipinski definition) is 3. The standard InChI is InChI=1S/C12H15ClO4/c13-3-1-2-8-4-9(7-14)6-10(5-8)11(15)12(16)17/h4-6,11,14-15H,1-3,7H2,(H,16,17). The molecule has 5 heteroatoms. The number of carbonyl (C=O) groups is 1. The molecule has 0 heterocycles. The predicted molar refractivity (Wildman–Crippen MR) is 64.0 cm³/mol. The Labute approximate surface area is 104 Å². The molecule has 3 N–H and O–H groups in total. The third-order valence-corrected chi connectivity index (χ3v) is 2.67. The van der Waals surface area contributed by atoms with E-state index in [0.29, 0.717) is 17.9 Å². The van der Waals surface area contributed by atoms with Crippen LogP contribution in [0.4, 0.5) is 0 Å². The lowest BCUT2D eigenvalue weighted by Crippen LogP contribution is -2.11. The molecular formula is C12H15ClO4. The topological polar surface area (TPSA) is 77.8 Å². The number of aliphatic hydroxyl groups is 2. The Kier molecular flexibility index (Phi) is 5.41. The van der Waals surface area contributed by atoms with E-state index in [9.17, 15) is 9.90 Å². The van der Waals surface area contributed by atoms with Crippen LogP contribution >= 0.6 is 11.6 Å². The molecule has 0 aliphatic rings. The molecule has 0 spiro atoms. The number of benzene rings is 1. The second kappa shape index (κ2) is 6.59. The van der Waals surface area contributed by atoms with E-state index in [-0.39, 0.29) is 12.2 Å². The summed E-state index contributed by atoms with van der Waals surface area (Å²) in [5.74, 6) is -0.788. The second-order valence-electron chi connectivity index (χ2n) is 3.77. The summed E-state index contributed by atoms with van der Waals surface area (Å²) in [4.78, 5) is 10.7. The van der Waals surface area contributed by atoms with Gasteiger partial charge in [-0.3, -0.25) is 0 Å². The number of alkyl halides is 1. The van der Waals surface area contributed by atoms with Crippen LogP contribution in [0.15, 0.2) is 18.2 Å². The zero-order valence-corrected chi connectivity index (χ0v) is 10.0. The van der Waals surface area contributed by atoms with E-state index in [1.807, 2.05) is 0 Å². The van der Waals surface area contributed by atoms with Crippen LogP contribution in [0, 0.1) is 0 Å². The highest BCUT2D eigenvalue weighted by Crippen LogP contribution is 2.19. The molecule has 0 radical (unpaired) electrons. The smallest absolute Gasteiger partial charge is 0.337 e. The number of carboxylic acid groups (broad SMARTS) is 1. The zero-order chi connectivity index (χ0) is 12.8. The van der Waals surface area contributed by atoms with Crippen molar-refractivity contribution < 1.29 is 20.1 Å². The van der Waals surface area contributed by atoms with Gasteiger partial charge in [-0.05, 0) is 29.5 Å². The van der Waals surface area contributed by atoms with E-state index < -0.39 is 12.1 Å². The molecule has 1 atom stereocenters. The highest BCUT2D eigenvalue weighted by molar-refractivity contribution is 6.17. The molecule has 1 unspecified atom stereocenters. The van der Waals surface area contributed by atoms with E-state index in [4.69, 9.17) is 21.8 Å². The van der Waals surface area contributed by atoms with Gasteiger partial charge in [-0.25, -0.2) is 4.79 Å². The number of hydrogen-bond donors (Lipinski definition) is 3.